The summed E-state index contributed by atoms with van der Waals surface area (Å²) >= 11 is 6.23. The van der Waals surface area contributed by atoms with Crippen molar-refractivity contribution < 1.29 is 9.26 Å². The molecule has 4 aromatic rings. The van der Waals surface area contributed by atoms with Gasteiger partial charge >= 0.3 is 0 Å². The van der Waals surface area contributed by atoms with E-state index in [1.54, 1.807) is 18.4 Å². The minimum atomic E-state index is -0.454. The van der Waals surface area contributed by atoms with E-state index in [-0.39, 0.29) is 0 Å². The molecule has 26 heavy (non-hydrogen) atoms. The van der Waals surface area contributed by atoms with Crippen molar-refractivity contribution >= 4 is 24.0 Å². The van der Waals surface area contributed by atoms with Crippen LogP contribution >= 0.6 is 24.0 Å². The third kappa shape index (κ3) is 2.99. The number of nitrogens with zero attached hydrogens (tertiary/aromatic N) is 5. The lowest BCUT2D eigenvalue weighted by atomic mass is 10.2. The number of benzene rings is 1. The molecule has 7 nitrogen and oxygen atoms in total. The second kappa shape index (κ2) is 6.93. The summed E-state index contributed by atoms with van der Waals surface area (Å²) in [6, 6.07) is 11.4. The second-order valence-electron chi connectivity index (χ2n) is 5.51. The van der Waals surface area contributed by atoms with Crippen LogP contribution in [0, 0.1) is 0 Å². The van der Waals surface area contributed by atoms with Crippen molar-refractivity contribution in [2.45, 2.75) is 5.25 Å². The Labute approximate surface area is 159 Å². The molecule has 0 amide bonds. The Hall–Kier alpha value is -2.65. The van der Waals surface area contributed by atoms with Crippen LogP contribution in [0.5, 0.6) is 5.75 Å². The first-order valence-electron chi connectivity index (χ1n) is 7.76. The average Bonchev–Trinajstić information content (AvgIpc) is 3.41. The Balaban J connectivity index is 1.64. The minimum Gasteiger partial charge on any atom is -0.497 e. The highest BCUT2D eigenvalue weighted by atomic mass is 32.1. The number of rotatable bonds is 5. The van der Waals surface area contributed by atoms with Crippen molar-refractivity contribution in [2.75, 3.05) is 7.11 Å². The summed E-state index contributed by atoms with van der Waals surface area (Å²) in [5.41, 5.74) is 0.779. The first-order chi connectivity index (χ1) is 12.7. The summed E-state index contributed by atoms with van der Waals surface area (Å²) in [5.74, 6) is 2.98. The molecule has 1 atom stereocenters. The monoisotopic (exact) mass is 385 g/mol. The third-order valence-corrected chi connectivity index (χ3v) is 5.23. The van der Waals surface area contributed by atoms with Gasteiger partial charge in [-0.3, -0.25) is 0 Å². The largest absolute Gasteiger partial charge is 0.497 e. The second-order valence-corrected chi connectivity index (χ2v) is 6.97. The molecule has 0 aliphatic rings. The first kappa shape index (κ1) is 16.8. The molecule has 0 bridgehead atoms. The van der Waals surface area contributed by atoms with Crippen molar-refractivity contribution in [3.63, 3.8) is 0 Å². The lowest BCUT2D eigenvalue weighted by Gasteiger charge is -2.06. The van der Waals surface area contributed by atoms with Gasteiger partial charge in [0.25, 0.3) is 5.89 Å². The van der Waals surface area contributed by atoms with Crippen LogP contribution in [0.25, 0.3) is 22.2 Å². The standard InChI is InChI=1S/C17H15N5O2S2/c1-22-15(12-7-4-8-26-12)19-20-16(22)13(25)14-18-17(24-21-14)10-5-3-6-11(9-10)23-2/h3-9,13,25H,1-2H3. The molecule has 3 aromatic heterocycles. The van der Waals surface area contributed by atoms with Crippen LogP contribution in [-0.2, 0) is 7.05 Å². The van der Waals surface area contributed by atoms with E-state index in [0.29, 0.717) is 17.5 Å². The van der Waals surface area contributed by atoms with Crippen molar-refractivity contribution in [2.24, 2.45) is 7.05 Å². The molecule has 3 heterocycles. The van der Waals surface area contributed by atoms with Crippen LogP contribution in [0.4, 0.5) is 0 Å². The van der Waals surface area contributed by atoms with E-state index >= 15 is 0 Å². The fourth-order valence-electron chi connectivity index (χ4n) is 2.53. The fourth-order valence-corrected chi connectivity index (χ4v) is 3.61. The van der Waals surface area contributed by atoms with Gasteiger partial charge in [0, 0.05) is 12.6 Å². The molecule has 1 unspecified atom stereocenters. The van der Waals surface area contributed by atoms with Gasteiger partial charge in [-0.1, -0.05) is 17.3 Å². The summed E-state index contributed by atoms with van der Waals surface area (Å²) in [6.07, 6.45) is 0. The van der Waals surface area contributed by atoms with Crippen molar-refractivity contribution in [1.82, 2.24) is 24.9 Å². The van der Waals surface area contributed by atoms with Gasteiger partial charge in [0.2, 0.25) is 0 Å². The maximum atomic E-state index is 5.39. The Morgan fingerprint density at radius 2 is 2.12 bits per heavy atom. The van der Waals surface area contributed by atoms with Crippen LogP contribution in [0.3, 0.4) is 0 Å². The maximum absolute atomic E-state index is 5.39. The highest BCUT2D eigenvalue weighted by Gasteiger charge is 2.24. The van der Waals surface area contributed by atoms with E-state index in [0.717, 1.165) is 22.0 Å². The average molecular weight is 385 g/mol. The Morgan fingerprint density at radius 1 is 1.23 bits per heavy atom. The SMILES string of the molecule is COc1cccc(-c2nc(C(S)c3nnc(-c4cccs4)n3C)no2)c1. The number of hydrogen-bond donors (Lipinski definition) is 1. The van der Waals surface area contributed by atoms with Crippen LogP contribution in [-0.4, -0.2) is 32.0 Å². The normalized spacial score (nSPS) is 12.3. The molecule has 132 valence electrons. The number of methoxy groups -OCH3 is 1. The molecule has 0 fully saturated rings. The zero-order valence-corrected chi connectivity index (χ0v) is 15.7. The number of thiophene rings is 1. The third-order valence-electron chi connectivity index (χ3n) is 3.90. The van der Waals surface area contributed by atoms with E-state index in [4.69, 9.17) is 9.26 Å². The summed E-state index contributed by atoms with van der Waals surface area (Å²) in [4.78, 5) is 5.50. The molecule has 0 saturated carbocycles. The van der Waals surface area contributed by atoms with E-state index < -0.39 is 5.25 Å². The molecule has 0 radical (unpaired) electrons. The van der Waals surface area contributed by atoms with Crippen molar-refractivity contribution in [3.05, 3.63) is 53.4 Å². The van der Waals surface area contributed by atoms with E-state index in [1.807, 2.05) is 53.4 Å². The molecule has 0 aliphatic heterocycles. The lowest BCUT2D eigenvalue weighted by molar-refractivity contribution is 0.412. The summed E-state index contributed by atoms with van der Waals surface area (Å²) in [6.45, 7) is 0. The molecule has 0 spiro atoms. The molecule has 9 heteroatoms. The molecule has 4 rings (SSSR count). The minimum absolute atomic E-state index is 0.401. The van der Waals surface area contributed by atoms with Crippen molar-refractivity contribution in [1.29, 1.82) is 0 Å². The van der Waals surface area contributed by atoms with Gasteiger partial charge in [0.1, 0.15) is 11.0 Å². The summed E-state index contributed by atoms with van der Waals surface area (Å²) < 4.78 is 12.5. The van der Waals surface area contributed by atoms with Gasteiger partial charge in [0.05, 0.1) is 12.0 Å². The molecular weight excluding hydrogens is 370 g/mol. The number of aromatic nitrogens is 5. The van der Waals surface area contributed by atoms with Crippen LogP contribution in [0.15, 0.2) is 46.3 Å². The van der Waals surface area contributed by atoms with Crippen LogP contribution < -0.4 is 4.74 Å². The topological polar surface area (TPSA) is 78.9 Å². The molecule has 0 N–H and O–H groups in total. The molecule has 0 aliphatic carbocycles. The van der Waals surface area contributed by atoms with Gasteiger partial charge in [-0.05, 0) is 29.6 Å². The van der Waals surface area contributed by atoms with Crippen molar-refractivity contribution in [3.8, 4) is 27.9 Å². The highest BCUT2D eigenvalue weighted by Crippen LogP contribution is 2.30. The molecule has 1 aromatic carbocycles. The summed E-state index contributed by atoms with van der Waals surface area (Å²) in [7, 11) is 3.51. The Bertz CT molecular complexity index is 1030. The zero-order chi connectivity index (χ0) is 18.1. The van der Waals surface area contributed by atoms with Gasteiger partial charge in [-0.25, -0.2) is 0 Å². The number of hydrogen-bond acceptors (Lipinski definition) is 8. The maximum Gasteiger partial charge on any atom is 0.258 e. The van der Waals surface area contributed by atoms with E-state index in [2.05, 4.69) is 33.0 Å². The van der Waals surface area contributed by atoms with Gasteiger partial charge in [0.15, 0.2) is 17.5 Å². The van der Waals surface area contributed by atoms with Crippen LogP contribution in [0.1, 0.15) is 16.9 Å². The van der Waals surface area contributed by atoms with Gasteiger partial charge in [-0.2, -0.15) is 17.6 Å². The lowest BCUT2D eigenvalue weighted by Crippen LogP contribution is -2.05. The van der Waals surface area contributed by atoms with Crippen LogP contribution in [0.2, 0.25) is 0 Å². The Morgan fingerprint density at radius 3 is 2.88 bits per heavy atom. The predicted molar refractivity (Wildman–Crippen MR) is 101 cm³/mol. The van der Waals surface area contributed by atoms with E-state index in [1.165, 1.54) is 0 Å². The fraction of sp³-hybridized carbons (Fsp3) is 0.176. The smallest absolute Gasteiger partial charge is 0.258 e. The predicted octanol–water partition coefficient (Wildman–Crippen LogP) is 3.62. The first-order valence-corrected chi connectivity index (χ1v) is 9.16. The quantitative estimate of drug-likeness (QED) is 0.529. The van der Waals surface area contributed by atoms with Gasteiger partial charge < -0.3 is 13.8 Å². The Kier molecular flexibility index (Phi) is 4.48. The zero-order valence-electron chi connectivity index (χ0n) is 14.0. The molecule has 0 saturated heterocycles. The number of thiol groups is 1. The van der Waals surface area contributed by atoms with E-state index in [9.17, 15) is 0 Å². The van der Waals surface area contributed by atoms with Gasteiger partial charge in [-0.15, -0.1) is 21.5 Å². The highest BCUT2D eigenvalue weighted by molar-refractivity contribution is 7.80. The summed E-state index contributed by atoms with van der Waals surface area (Å²) in [5, 5.41) is 14.1. The molecular formula is C17H15N5O2S2. The number of ether oxygens (including phenoxy) is 1.